The van der Waals surface area contributed by atoms with Gasteiger partial charge >= 0.3 is 0 Å². The first kappa shape index (κ1) is 14.2. The molecule has 3 N–H and O–H groups in total. The van der Waals surface area contributed by atoms with Crippen LogP contribution in [0.2, 0.25) is 5.02 Å². The SMILES string of the molecule is NC(=S)c1ccnc(Nc2c(Cl)cc(F)cc2Br)c1. The Kier molecular flexibility index (Phi) is 4.34. The van der Waals surface area contributed by atoms with Crippen molar-refractivity contribution < 1.29 is 4.39 Å². The van der Waals surface area contributed by atoms with Gasteiger partial charge in [0.2, 0.25) is 0 Å². The second-order valence-electron chi connectivity index (χ2n) is 3.66. The number of thiocarbonyl (C=S) groups is 1. The van der Waals surface area contributed by atoms with Crippen LogP contribution in [0, 0.1) is 5.82 Å². The van der Waals surface area contributed by atoms with Crippen LogP contribution in [0.1, 0.15) is 5.56 Å². The van der Waals surface area contributed by atoms with Gasteiger partial charge in [0, 0.05) is 16.2 Å². The lowest BCUT2D eigenvalue weighted by Crippen LogP contribution is -2.10. The summed E-state index contributed by atoms with van der Waals surface area (Å²) in [6, 6.07) is 5.92. The van der Waals surface area contributed by atoms with Crippen LogP contribution >= 0.6 is 39.7 Å². The van der Waals surface area contributed by atoms with Crippen molar-refractivity contribution in [3.8, 4) is 0 Å². The van der Waals surface area contributed by atoms with E-state index in [-0.39, 0.29) is 10.0 Å². The minimum absolute atomic E-state index is 0.245. The fourth-order valence-electron chi connectivity index (χ4n) is 1.44. The summed E-state index contributed by atoms with van der Waals surface area (Å²) < 4.78 is 13.6. The standard InChI is InChI=1S/C12H8BrClFN3S/c13-8-4-7(15)5-9(14)11(8)18-10-3-6(12(16)19)1-2-17-10/h1-5H,(H2,16,19)(H,17,18). The number of aromatic nitrogens is 1. The van der Waals surface area contributed by atoms with Crippen LogP contribution in [0.5, 0.6) is 0 Å². The summed E-state index contributed by atoms with van der Waals surface area (Å²) in [7, 11) is 0. The molecule has 0 bridgehead atoms. The van der Waals surface area contributed by atoms with Gasteiger partial charge in [0.1, 0.15) is 16.6 Å². The largest absolute Gasteiger partial charge is 0.389 e. The summed E-state index contributed by atoms with van der Waals surface area (Å²) in [5.74, 6) is 0.0896. The first-order valence-corrected chi connectivity index (χ1v) is 6.72. The van der Waals surface area contributed by atoms with Crippen molar-refractivity contribution >= 4 is 56.2 Å². The number of pyridine rings is 1. The second-order valence-corrected chi connectivity index (χ2v) is 5.36. The number of nitrogens with zero attached hydrogens (tertiary/aromatic N) is 1. The number of anilines is 2. The van der Waals surface area contributed by atoms with Gasteiger partial charge in [-0.25, -0.2) is 9.37 Å². The third-order valence-electron chi connectivity index (χ3n) is 2.30. The number of nitrogens with two attached hydrogens (primary N) is 1. The molecule has 3 nitrogen and oxygen atoms in total. The van der Waals surface area contributed by atoms with Crippen LogP contribution < -0.4 is 11.1 Å². The molecule has 0 aliphatic heterocycles. The summed E-state index contributed by atoms with van der Waals surface area (Å²) in [5, 5.41) is 3.24. The molecule has 1 aromatic heterocycles. The highest BCUT2D eigenvalue weighted by Gasteiger charge is 2.09. The van der Waals surface area contributed by atoms with Gasteiger partial charge in [0.05, 0.1) is 10.7 Å². The molecule has 0 radical (unpaired) electrons. The molecule has 0 saturated carbocycles. The number of halogens is 3. The Labute approximate surface area is 128 Å². The van der Waals surface area contributed by atoms with Crippen LogP contribution in [0.4, 0.5) is 15.9 Å². The van der Waals surface area contributed by atoms with E-state index in [2.05, 4.69) is 26.2 Å². The Morgan fingerprint density at radius 2 is 2.16 bits per heavy atom. The predicted molar refractivity (Wildman–Crippen MR) is 82.5 cm³/mol. The Hall–Kier alpha value is -1.24. The van der Waals surface area contributed by atoms with Gasteiger partial charge < -0.3 is 11.1 Å². The van der Waals surface area contributed by atoms with E-state index >= 15 is 0 Å². The maximum Gasteiger partial charge on any atom is 0.131 e. The number of hydrogen-bond donors (Lipinski definition) is 2. The zero-order chi connectivity index (χ0) is 14.0. The van der Waals surface area contributed by atoms with E-state index < -0.39 is 5.82 Å². The number of hydrogen-bond acceptors (Lipinski definition) is 3. The minimum atomic E-state index is -0.424. The third kappa shape index (κ3) is 3.40. The van der Waals surface area contributed by atoms with E-state index in [1.54, 1.807) is 18.3 Å². The second kappa shape index (κ2) is 5.81. The normalized spacial score (nSPS) is 10.3. The smallest absolute Gasteiger partial charge is 0.131 e. The van der Waals surface area contributed by atoms with Crippen molar-refractivity contribution in [2.45, 2.75) is 0 Å². The lowest BCUT2D eigenvalue weighted by molar-refractivity contribution is 0.627. The zero-order valence-corrected chi connectivity index (χ0v) is 12.6. The summed E-state index contributed by atoms with van der Waals surface area (Å²) in [4.78, 5) is 4.40. The molecule has 0 atom stereocenters. The van der Waals surface area contributed by atoms with Crippen LogP contribution in [-0.4, -0.2) is 9.97 Å². The van der Waals surface area contributed by atoms with Gasteiger partial charge in [0.25, 0.3) is 0 Å². The monoisotopic (exact) mass is 359 g/mol. The van der Waals surface area contributed by atoms with Gasteiger partial charge in [-0.15, -0.1) is 0 Å². The number of nitrogens with one attached hydrogen (secondary N) is 1. The molecule has 2 rings (SSSR count). The van der Waals surface area contributed by atoms with Crippen molar-refractivity contribution in [2.75, 3.05) is 5.32 Å². The molecule has 1 aromatic carbocycles. The van der Waals surface area contributed by atoms with Crippen molar-refractivity contribution in [3.63, 3.8) is 0 Å². The first-order valence-electron chi connectivity index (χ1n) is 5.15. The summed E-state index contributed by atoms with van der Waals surface area (Å²) in [5.41, 5.74) is 6.75. The molecule has 0 unspecified atom stereocenters. The van der Waals surface area contributed by atoms with E-state index in [0.29, 0.717) is 21.5 Å². The lowest BCUT2D eigenvalue weighted by Gasteiger charge is -2.10. The highest BCUT2D eigenvalue weighted by molar-refractivity contribution is 9.10. The molecular formula is C12H8BrClFN3S. The molecule has 2 aromatic rings. The predicted octanol–water partition coefficient (Wildman–Crippen LogP) is 4.01. The number of rotatable bonds is 3. The fourth-order valence-corrected chi connectivity index (χ4v) is 2.47. The molecule has 7 heteroatoms. The third-order valence-corrected chi connectivity index (χ3v) is 3.46. The molecular weight excluding hydrogens is 353 g/mol. The van der Waals surface area contributed by atoms with E-state index in [1.807, 2.05) is 0 Å². The quantitative estimate of drug-likeness (QED) is 0.812. The average Bonchev–Trinajstić information content (AvgIpc) is 2.34. The average molecular weight is 361 g/mol. The Balaban J connectivity index is 2.36. The molecule has 0 aliphatic carbocycles. The van der Waals surface area contributed by atoms with Crippen molar-refractivity contribution in [1.82, 2.24) is 4.98 Å². The molecule has 1 heterocycles. The topological polar surface area (TPSA) is 50.9 Å². The van der Waals surface area contributed by atoms with Crippen molar-refractivity contribution in [2.24, 2.45) is 5.73 Å². The van der Waals surface area contributed by atoms with E-state index in [1.165, 1.54) is 12.1 Å². The zero-order valence-electron chi connectivity index (χ0n) is 9.45. The molecule has 0 saturated heterocycles. The lowest BCUT2D eigenvalue weighted by atomic mass is 10.2. The van der Waals surface area contributed by atoms with Gasteiger partial charge in [-0.2, -0.15) is 0 Å². The van der Waals surface area contributed by atoms with E-state index in [4.69, 9.17) is 29.6 Å². The Bertz CT molecular complexity index is 628. The summed E-state index contributed by atoms with van der Waals surface area (Å²) in [6.07, 6.45) is 1.57. The van der Waals surface area contributed by atoms with Gasteiger partial charge in [-0.1, -0.05) is 23.8 Å². The van der Waals surface area contributed by atoms with Crippen LogP contribution in [-0.2, 0) is 0 Å². The minimum Gasteiger partial charge on any atom is -0.389 e. The van der Waals surface area contributed by atoms with Gasteiger partial charge in [-0.05, 0) is 40.2 Å². The molecule has 0 aliphatic rings. The molecule has 0 fully saturated rings. The maximum absolute atomic E-state index is 13.1. The van der Waals surface area contributed by atoms with Crippen LogP contribution in [0.15, 0.2) is 34.9 Å². The fraction of sp³-hybridized carbons (Fsp3) is 0. The highest BCUT2D eigenvalue weighted by atomic mass is 79.9. The van der Waals surface area contributed by atoms with Gasteiger partial charge in [0.15, 0.2) is 0 Å². The molecule has 0 amide bonds. The number of benzene rings is 1. The molecule has 98 valence electrons. The van der Waals surface area contributed by atoms with Crippen LogP contribution in [0.3, 0.4) is 0 Å². The Morgan fingerprint density at radius 1 is 1.42 bits per heavy atom. The van der Waals surface area contributed by atoms with Gasteiger partial charge in [-0.3, -0.25) is 0 Å². The summed E-state index contributed by atoms with van der Waals surface area (Å²) in [6.45, 7) is 0. The highest BCUT2D eigenvalue weighted by Crippen LogP contribution is 2.33. The van der Waals surface area contributed by atoms with Crippen LogP contribution in [0.25, 0.3) is 0 Å². The first-order chi connectivity index (χ1) is 8.97. The summed E-state index contributed by atoms with van der Waals surface area (Å²) >= 11 is 14.1. The van der Waals surface area contributed by atoms with Crippen molar-refractivity contribution in [3.05, 3.63) is 51.3 Å². The Morgan fingerprint density at radius 3 is 2.79 bits per heavy atom. The van der Waals surface area contributed by atoms with E-state index in [0.717, 1.165) is 0 Å². The van der Waals surface area contributed by atoms with E-state index in [9.17, 15) is 4.39 Å². The molecule has 19 heavy (non-hydrogen) atoms. The maximum atomic E-state index is 13.1. The van der Waals surface area contributed by atoms with Crippen molar-refractivity contribution in [1.29, 1.82) is 0 Å². The molecule has 0 spiro atoms.